The van der Waals surface area contributed by atoms with Gasteiger partial charge in [-0.25, -0.2) is 9.97 Å². The summed E-state index contributed by atoms with van der Waals surface area (Å²) in [6, 6.07) is 13.0. The van der Waals surface area contributed by atoms with Gasteiger partial charge in [0.25, 0.3) is 0 Å². The lowest BCUT2D eigenvalue weighted by Gasteiger charge is -2.22. The van der Waals surface area contributed by atoms with Gasteiger partial charge in [0, 0.05) is 16.6 Å². The maximum absolute atomic E-state index is 12.6. The second kappa shape index (κ2) is 9.60. The highest BCUT2D eigenvalue weighted by atomic mass is 32.1. The number of carbonyl (C=O) groups is 2. The number of aromatic nitrogens is 2. The Morgan fingerprint density at radius 1 is 1.07 bits per heavy atom. The lowest BCUT2D eigenvalue weighted by Crippen LogP contribution is -2.43. The summed E-state index contributed by atoms with van der Waals surface area (Å²) in [6.07, 6.45) is 0. The number of aryl methyl sites for hydroxylation is 2. The second-order valence-electron chi connectivity index (χ2n) is 7.20. The van der Waals surface area contributed by atoms with Crippen LogP contribution in [0.3, 0.4) is 0 Å². The van der Waals surface area contributed by atoms with Crippen molar-refractivity contribution in [3.05, 3.63) is 59.1 Å². The number of pyridine rings is 1. The molecule has 3 aromatic rings. The van der Waals surface area contributed by atoms with Crippen LogP contribution in [0, 0.1) is 13.8 Å². The van der Waals surface area contributed by atoms with Crippen LogP contribution < -0.4 is 10.6 Å². The van der Waals surface area contributed by atoms with E-state index in [0.717, 1.165) is 17.0 Å². The van der Waals surface area contributed by atoms with E-state index in [2.05, 4.69) is 20.6 Å². The summed E-state index contributed by atoms with van der Waals surface area (Å²) in [5.41, 5.74) is 3.83. The molecule has 2 heterocycles. The molecular formula is C22H25N5O2S. The minimum absolute atomic E-state index is 0.0662. The molecule has 0 saturated heterocycles. The van der Waals surface area contributed by atoms with Crippen molar-refractivity contribution >= 4 is 34.1 Å². The highest BCUT2D eigenvalue weighted by Gasteiger charge is 2.21. The largest absolute Gasteiger partial charge is 0.310 e. The Balaban J connectivity index is 1.54. The first-order valence-corrected chi connectivity index (χ1v) is 10.5. The number of hydrogen-bond donors (Lipinski definition) is 2. The number of rotatable bonds is 7. The Kier molecular flexibility index (Phi) is 6.91. The van der Waals surface area contributed by atoms with E-state index in [1.165, 1.54) is 16.9 Å². The van der Waals surface area contributed by atoms with Gasteiger partial charge in [-0.3, -0.25) is 14.5 Å². The quantitative estimate of drug-likeness (QED) is 0.605. The smallest absolute Gasteiger partial charge is 0.243 e. The van der Waals surface area contributed by atoms with Gasteiger partial charge in [-0.15, -0.1) is 11.3 Å². The van der Waals surface area contributed by atoms with Crippen LogP contribution in [0.4, 0.5) is 10.9 Å². The summed E-state index contributed by atoms with van der Waals surface area (Å²) in [4.78, 5) is 35.3. The van der Waals surface area contributed by atoms with E-state index in [4.69, 9.17) is 0 Å². The van der Waals surface area contributed by atoms with Crippen LogP contribution in [0.1, 0.15) is 18.2 Å². The zero-order chi connectivity index (χ0) is 21.7. The highest BCUT2D eigenvalue weighted by molar-refractivity contribution is 7.14. The molecule has 7 nitrogen and oxygen atoms in total. The van der Waals surface area contributed by atoms with Gasteiger partial charge in [0.1, 0.15) is 5.82 Å². The number of benzene rings is 1. The molecule has 0 fully saturated rings. The number of thiazole rings is 1. The Morgan fingerprint density at radius 3 is 2.50 bits per heavy atom. The lowest BCUT2D eigenvalue weighted by atomic mass is 10.1. The van der Waals surface area contributed by atoms with Crippen LogP contribution in [0.2, 0.25) is 0 Å². The molecular weight excluding hydrogens is 398 g/mol. The Labute approximate surface area is 180 Å². The fraction of sp³-hybridized carbons (Fsp3) is 0.273. The molecule has 0 aliphatic rings. The predicted molar refractivity (Wildman–Crippen MR) is 121 cm³/mol. The average molecular weight is 424 g/mol. The highest BCUT2D eigenvalue weighted by Crippen LogP contribution is 2.25. The molecule has 2 N–H and O–H groups in total. The van der Waals surface area contributed by atoms with E-state index in [-0.39, 0.29) is 18.4 Å². The fourth-order valence-electron chi connectivity index (χ4n) is 2.76. The number of amides is 2. The van der Waals surface area contributed by atoms with Gasteiger partial charge in [-0.2, -0.15) is 0 Å². The Morgan fingerprint density at radius 2 is 1.80 bits per heavy atom. The van der Waals surface area contributed by atoms with Gasteiger partial charge in [0.2, 0.25) is 11.8 Å². The topological polar surface area (TPSA) is 87.2 Å². The summed E-state index contributed by atoms with van der Waals surface area (Å²) in [5.74, 6) is 0.0480. The van der Waals surface area contributed by atoms with Crippen LogP contribution in [0.25, 0.3) is 11.3 Å². The SMILES string of the molecule is Cc1ccc(-c2csc(NC(=O)C(C)N(C)CC(=O)Nc3cccc(C)n3)n2)cc1. The zero-order valence-corrected chi connectivity index (χ0v) is 18.3. The molecule has 1 atom stereocenters. The fourth-order valence-corrected chi connectivity index (χ4v) is 3.48. The summed E-state index contributed by atoms with van der Waals surface area (Å²) >= 11 is 1.37. The first-order valence-electron chi connectivity index (χ1n) is 9.59. The number of anilines is 2. The van der Waals surface area contributed by atoms with E-state index in [1.54, 1.807) is 24.9 Å². The van der Waals surface area contributed by atoms with Gasteiger partial charge in [-0.1, -0.05) is 35.9 Å². The number of hydrogen-bond acceptors (Lipinski definition) is 6. The Hall–Kier alpha value is -3.10. The molecule has 0 saturated carbocycles. The van der Waals surface area contributed by atoms with Gasteiger partial charge in [-0.05, 0) is 40.0 Å². The number of nitrogens with one attached hydrogen (secondary N) is 2. The average Bonchev–Trinajstić information content (AvgIpc) is 3.16. The summed E-state index contributed by atoms with van der Waals surface area (Å²) < 4.78 is 0. The molecule has 1 unspecified atom stereocenters. The molecule has 0 aliphatic carbocycles. The van der Waals surface area contributed by atoms with E-state index >= 15 is 0 Å². The molecule has 156 valence electrons. The monoisotopic (exact) mass is 423 g/mol. The number of carbonyl (C=O) groups excluding carboxylic acids is 2. The third-order valence-corrected chi connectivity index (χ3v) is 5.43. The molecule has 0 bridgehead atoms. The van der Waals surface area contributed by atoms with Crippen molar-refractivity contribution in [2.45, 2.75) is 26.8 Å². The molecule has 2 amide bonds. The summed E-state index contributed by atoms with van der Waals surface area (Å²) in [5, 5.41) is 8.03. The molecule has 8 heteroatoms. The van der Waals surface area contributed by atoms with Gasteiger partial charge in [0.15, 0.2) is 5.13 Å². The van der Waals surface area contributed by atoms with Crippen LogP contribution in [0.15, 0.2) is 47.8 Å². The van der Waals surface area contributed by atoms with Crippen molar-refractivity contribution in [1.29, 1.82) is 0 Å². The van der Waals surface area contributed by atoms with E-state index in [9.17, 15) is 9.59 Å². The minimum Gasteiger partial charge on any atom is -0.310 e. The summed E-state index contributed by atoms with van der Waals surface area (Å²) in [6.45, 7) is 5.71. The third kappa shape index (κ3) is 5.71. The van der Waals surface area contributed by atoms with Crippen molar-refractivity contribution in [2.75, 3.05) is 24.2 Å². The van der Waals surface area contributed by atoms with Crippen LogP contribution in [-0.2, 0) is 9.59 Å². The van der Waals surface area contributed by atoms with Crippen LogP contribution in [-0.4, -0.2) is 46.3 Å². The van der Waals surface area contributed by atoms with Crippen molar-refractivity contribution in [3.63, 3.8) is 0 Å². The number of likely N-dealkylation sites (N-methyl/N-ethyl adjacent to an activating group) is 1. The molecule has 3 rings (SSSR count). The van der Waals surface area contributed by atoms with E-state index in [0.29, 0.717) is 10.9 Å². The van der Waals surface area contributed by atoms with E-state index < -0.39 is 6.04 Å². The van der Waals surface area contributed by atoms with Crippen molar-refractivity contribution in [2.24, 2.45) is 0 Å². The van der Waals surface area contributed by atoms with Crippen molar-refractivity contribution < 1.29 is 9.59 Å². The molecule has 1 aromatic carbocycles. The van der Waals surface area contributed by atoms with Crippen LogP contribution >= 0.6 is 11.3 Å². The molecule has 0 spiro atoms. The van der Waals surface area contributed by atoms with Gasteiger partial charge >= 0.3 is 0 Å². The maximum Gasteiger partial charge on any atom is 0.243 e. The molecule has 0 radical (unpaired) electrons. The van der Waals surface area contributed by atoms with E-state index in [1.807, 2.05) is 55.6 Å². The van der Waals surface area contributed by atoms with Gasteiger partial charge < -0.3 is 10.6 Å². The molecule has 2 aromatic heterocycles. The maximum atomic E-state index is 12.6. The van der Waals surface area contributed by atoms with Crippen LogP contribution in [0.5, 0.6) is 0 Å². The first-order chi connectivity index (χ1) is 14.3. The standard InChI is InChI=1S/C22H25N5O2S/c1-14-8-10-17(11-9-14)18-13-30-22(24-18)26-21(29)16(3)27(4)12-20(28)25-19-7-5-6-15(2)23-19/h5-11,13,16H,12H2,1-4H3,(H,23,25,28)(H,24,26,29). The zero-order valence-electron chi connectivity index (χ0n) is 17.5. The van der Waals surface area contributed by atoms with Crippen molar-refractivity contribution in [1.82, 2.24) is 14.9 Å². The lowest BCUT2D eigenvalue weighted by molar-refractivity contribution is -0.122. The Bertz CT molecular complexity index is 1030. The second-order valence-corrected chi connectivity index (χ2v) is 8.05. The third-order valence-electron chi connectivity index (χ3n) is 4.67. The van der Waals surface area contributed by atoms with Gasteiger partial charge in [0.05, 0.1) is 18.3 Å². The molecule has 0 aliphatic heterocycles. The summed E-state index contributed by atoms with van der Waals surface area (Å²) in [7, 11) is 1.73. The van der Waals surface area contributed by atoms with Crippen molar-refractivity contribution in [3.8, 4) is 11.3 Å². The normalized spacial score (nSPS) is 11.9. The predicted octanol–water partition coefficient (Wildman–Crippen LogP) is 3.72. The number of nitrogens with zero attached hydrogens (tertiary/aromatic N) is 3. The molecule has 30 heavy (non-hydrogen) atoms. The minimum atomic E-state index is -0.507. The first kappa shape index (κ1) is 21.6.